The fraction of sp³-hybridized carbons (Fsp3) is 0.133. The van der Waals surface area contributed by atoms with Crippen molar-refractivity contribution in [3.8, 4) is 11.8 Å². The first-order valence-electron chi connectivity index (χ1n) is 6.14. The van der Waals surface area contributed by atoms with E-state index in [4.69, 9.17) is 15.1 Å². The highest BCUT2D eigenvalue weighted by atomic mass is 16.6. The van der Waals surface area contributed by atoms with Crippen LogP contribution in [0.3, 0.4) is 0 Å². The molecule has 2 rings (SSSR count). The first kappa shape index (κ1) is 14.5. The second-order valence-corrected chi connectivity index (χ2v) is 4.27. The Balaban J connectivity index is 2.27. The molecule has 21 heavy (non-hydrogen) atoms. The minimum absolute atomic E-state index is 0.0411. The number of ether oxygens (including phenoxy) is 1. The Morgan fingerprint density at radius 3 is 2.71 bits per heavy atom. The predicted molar refractivity (Wildman–Crippen MR) is 74.5 cm³/mol. The van der Waals surface area contributed by atoms with Gasteiger partial charge in [0.25, 0.3) is 0 Å². The van der Waals surface area contributed by atoms with Crippen molar-refractivity contribution in [3.05, 3.63) is 69.3 Å². The summed E-state index contributed by atoms with van der Waals surface area (Å²) in [6.45, 7) is -0.192. The fourth-order valence-corrected chi connectivity index (χ4v) is 1.83. The summed E-state index contributed by atoms with van der Waals surface area (Å²) in [5.41, 5.74) is 1.44. The van der Waals surface area contributed by atoms with Crippen LogP contribution in [0.5, 0.6) is 5.75 Å². The molecule has 1 N–H and O–H groups in total. The molecule has 2 aromatic rings. The Morgan fingerprint density at radius 1 is 1.29 bits per heavy atom. The van der Waals surface area contributed by atoms with Crippen molar-refractivity contribution in [2.24, 2.45) is 0 Å². The van der Waals surface area contributed by atoms with Gasteiger partial charge < -0.3 is 9.84 Å². The second-order valence-electron chi connectivity index (χ2n) is 4.27. The molecule has 6 heteroatoms. The number of nitro groups is 1. The number of nitriles is 1. The highest BCUT2D eigenvalue weighted by Crippen LogP contribution is 2.29. The second kappa shape index (κ2) is 6.50. The van der Waals surface area contributed by atoms with Gasteiger partial charge in [0.1, 0.15) is 6.61 Å². The first-order valence-corrected chi connectivity index (χ1v) is 6.14. The summed E-state index contributed by atoms with van der Waals surface area (Å²) >= 11 is 0. The third-order valence-electron chi connectivity index (χ3n) is 2.92. The SMILES string of the molecule is N#Cc1ccccc1COc1cc(CO)ccc1[N+](=O)[O-]. The molecule has 0 bridgehead atoms. The van der Waals surface area contributed by atoms with Gasteiger partial charge in [-0.1, -0.05) is 18.2 Å². The number of hydrogen-bond acceptors (Lipinski definition) is 5. The molecule has 0 aliphatic carbocycles. The molecule has 0 unspecified atom stereocenters. The Morgan fingerprint density at radius 2 is 2.05 bits per heavy atom. The Kier molecular flexibility index (Phi) is 4.49. The summed E-state index contributed by atoms with van der Waals surface area (Å²) in [6.07, 6.45) is 0. The predicted octanol–water partition coefficient (Wildman–Crippen LogP) is 2.54. The van der Waals surface area contributed by atoms with Crippen LogP contribution in [0, 0.1) is 21.4 Å². The molecule has 0 amide bonds. The molecule has 0 aliphatic rings. The number of nitrogens with zero attached hydrogens (tertiary/aromatic N) is 2. The van der Waals surface area contributed by atoms with Gasteiger partial charge >= 0.3 is 5.69 Å². The number of hydrogen-bond donors (Lipinski definition) is 1. The molecule has 2 aromatic carbocycles. The van der Waals surface area contributed by atoms with Crippen LogP contribution < -0.4 is 4.74 Å². The zero-order valence-electron chi connectivity index (χ0n) is 11.0. The molecule has 0 heterocycles. The fourth-order valence-electron chi connectivity index (χ4n) is 1.83. The van der Waals surface area contributed by atoms with Crippen molar-refractivity contribution in [3.63, 3.8) is 0 Å². The Hall–Kier alpha value is -2.91. The average molecular weight is 284 g/mol. The Labute approximate surface area is 121 Å². The van der Waals surface area contributed by atoms with Gasteiger partial charge in [0, 0.05) is 11.6 Å². The largest absolute Gasteiger partial charge is 0.482 e. The quantitative estimate of drug-likeness (QED) is 0.672. The molecule has 6 nitrogen and oxygen atoms in total. The molecule has 0 atom stereocenters. The van der Waals surface area contributed by atoms with Crippen LogP contribution in [0.2, 0.25) is 0 Å². The normalized spacial score (nSPS) is 9.90. The third kappa shape index (κ3) is 3.35. The number of aliphatic hydroxyl groups excluding tert-OH is 1. The molecule has 0 radical (unpaired) electrons. The van der Waals surface area contributed by atoms with E-state index in [0.29, 0.717) is 16.7 Å². The van der Waals surface area contributed by atoms with Crippen LogP contribution >= 0.6 is 0 Å². The smallest absolute Gasteiger partial charge is 0.310 e. The van der Waals surface area contributed by atoms with Crippen molar-refractivity contribution < 1.29 is 14.8 Å². The van der Waals surface area contributed by atoms with Crippen LogP contribution in [-0.4, -0.2) is 10.0 Å². The summed E-state index contributed by atoms with van der Waals surface area (Å²) < 4.78 is 5.47. The van der Waals surface area contributed by atoms with Gasteiger partial charge in [-0.25, -0.2) is 0 Å². The van der Waals surface area contributed by atoms with Crippen molar-refractivity contribution in [2.45, 2.75) is 13.2 Å². The van der Waals surface area contributed by atoms with Crippen molar-refractivity contribution in [2.75, 3.05) is 0 Å². The van der Waals surface area contributed by atoms with Crippen LogP contribution in [0.4, 0.5) is 5.69 Å². The minimum Gasteiger partial charge on any atom is -0.482 e. The highest BCUT2D eigenvalue weighted by Gasteiger charge is 2.16. The maximum atomic E-state index is 11.0. The van der Waals surface area contributed by atoms with Crippen molar-refractivity contribution in [1.29, 1.82) is 5.26 Å². The monoisotopic (exact) mass is 284 g/mol. The van der Waals surface area contributed by atoms with E-state index in [1.807, 2.05) is 6.07 Å². The summed E-state index contributed by atoms with van der Waals surface area (Å²) in [6, 6.07) is 13.1. The van der Waals surface area contributed by atoms with Gasteiger partial charge in [-0.15, -0.1) is 0 Å². The number of rotatable bonds is 5. The molecule has 106 valence electrons. The van der Waals surface area contributed by atoms with Crippen molar-refractivity contribution in [1.82, 2.24) is 0 Å². The first-order chi connectivity index (χ1) is 10.2. The maximum absolute atomic E-state index is 11.0. The minimum atomic E-state index is -0.549. The molecular weight excluding hydrogens is 272 g/mol. The molecule has 0 fully saturated rings. The number of aliphatic hydroxyl groups is 1. The summed E-state index contributed by atoms with van der Waals surface area (Å²) in [7, 11) is 0. The highest BCUT2D eigenvalue weighted by molar-refractivity contribution is 5.48. The van der Waals surface area contributed by atoms with E-state index in [-0.39, 0.29) is 24.7 Å². The zero-order valence-corrected chi connectivity index (χ0v) is 11.0. The molecule has 0 saturated heterocycles. The van der Waals surface area contributed by atoms with E-state index < -0.39 is 4.92 Å². The lowest BCUT2D eigenvalue weighted by Gasteiger charge is -2.09. The Bertz CT molecular complexity index is 707. The van der Waals surface area contributed by atoms with Gasteiger partial charge in [-0.05, 0) is 23.8 Å². The van der Waals surface area contributed by atoms with E-state index >= 15 is 0 Å². The lowest BCUT2D eigenvalue weighted by Crippen LogP contribution is -2.01. The number of nitro benzene ring substituents is 1. The third-order valence-corrected chi connectivity index (χ3v) is 2.92. The lowest BCUT2D eigenvalue weighted by atomic mass is 10.1. The summed E-state index contributed by atoms with van der Waals surface area (Å²) in [4.78, 5) is 10.4. The topological polar surface area (TPSA) is 96.4 Å². The number of benzene rings is 2. The van der Waals surface area contributed by atoms with Gasteiger partial charge in [0.15, 0.2) is 5.75 Å². The van der Waals surface area contributed by atoms with Crippen LogP contribution in [0.25, 0.3) is 0 Å². The zero-order chi connectivity index (χ0) is 15.2. The summed E-state index contributed by atoms with van der Waals surface area (Å²) in [5.74, 6) is 0.0688. The molecule has 0 aliphatic heterocycles. The maximum Gasteiger partial charge on any atom is 0.310 e. The van der Waals surface area contributed by atoms with Gasteiger partial charge in [-0.2, -0.15) is 5.26 Å². The van der Waals surface area contributed by atoms with E-state index in [1.54, 1.807) is 24.3 Å². The van der Waals surface area contributed by atoms with Crippen molar-refractivity contribution >= 4 is 5.69 Å². The molecular formula is C15H12N2O4. The lowest BCUT2D eigenvalue weighted by molar-refractivity contribution is -0.386. The molecule has 0 spiro atoms. The van der Waals surface area contributed by atoms with Gasteiger partial charge in [0.2, 0.25) is 0 Å². The van der Waals surface area contributed by atoms with Crippen LogP contribution in [-0.2, 0) is 13.2 Å². The van der Waals surface area contributed by atoms with E-state index in [2.05, 4.69) is 0 Å². The molecule has 0 saturated carbocycles. The van der Waals surface area contributed by atoms with Crippen LogP contribution in [0.1, 0.15) is 16.7 Å². The van der Waals surface area contributed by atoms with E-state index in [1.165, 1.54) is 18.2 Å². The van der Waals surface area contributed by atoms with Crippen LogP contribution in [0.15, 0.2) is 42.5 Å². The standard InChI is InChI=1S/C15H12N2O4/c16-8-12-3-1-2-4-13(12)10-21-15-7-11(9-18)5-6-14(15)17(19)20/h1-7,18H,9-10H2. The summed E-state index contributed by atoms with van der Waals surface area (Å²) in [5, 5.41) is 29.1. The van der Waals surface area contributed by atoms with E-state index in [9.17, 15) is 10.1 Å². The average Bonchev–Trinajstić information content (AvgIpc) is 2.52. The van der Waals surface area contributed by atoms with E-state index in [0.717, 1.165) is 0 Å². The van der Waals surface area contributed by atoms with Gasteiger partial charge in [-0.3, -0.25) is 10.1 Å². The molecule has 0 aromatic heterocycles. The van der Waals surface area contributed by atoms with Gasteiger partial charge in [0.05, 0.1) is 23.2 Å².